The lowest BCUT2D eigenvalue weighted by Crippen LogP contribution is -2.29. The summed E-state index contributed by atoms with van der Waals surface area (Å²) in [6.07, 6.45) is 3.51. The zero-order valence-electron chi connectivity index (χ0n) is 13.7. The monoisotopic (exact) mass is 332 g/mol. The molecule has 3 N–H and O–H groups in total. The number of aromatic nitrogens is 2. The first kappa shape index (κ1) is 17.4. The van der Waals surface area contributed by atoms with Crippen LogP contribution in [0.1, 0.15) is 39.5 Å². The van der Waals surface area contributed by atoms with Crippen molar-refractivity contribution in [1.82, 2.24) is 15.3 Å². The first-order valence-corrected chi connectivity index (χ1v) is 8.49. The molecule has 1 aromatic heterocycles. The van der Waals surface area contributed by atoms with Gasteiger partial charge < -0.3 is 15.6 Å². The van der Waals surface area contributed by atoms with E-state index in [4.69, 9.17) is 12.2 Å². The first-order valence-electron chi connectivity index (χ1n) is 8.08. The smallest absolute Gasteiger partial charge is 0.220 e. The number of hydrogen-bond donors (Lipinski definition) is 3. The summed E-state index contributed by atoms with van der Waals surface area (Å²) in [5, 5.41) is 7.30. The van der Waals surface area contributed by atoms with Gasteiger partial charge in [-0.1, -0.05) is 18.6 Å². The predicted octanol–water partition coefficient (Wildman–Crippen LogP) is 3.79. The van der Waals surface area contributed by atoms with E-state index in [1.807, 2.05) is 38.1 Å². The van der Waals surface area contributed by atoms with Gasteiger partial charge in [0.25, 0.3) is 0 Å². The summed E-state index contributed by atoms with van der Waals surface area (Å²) in [6, 6.07) is 8.18. The third-order valence-corrected chi connectivity index (χ3v) is 3.65. The molecule has 2 rings (SSSR count). The molecule has 0 atom stereocenters. The summed E-state index contributed by atoms with van der Waals surface area (Å²) >= 11 is 5.16. The van der Waals surface area contributed by atoms with Gasteiger partial charge in [0.1, 0.15) is 5.82 Å². The predicted molar refractivity (Wildman–Crippen MR) is 97.2 cm³/mol. The van der Waals surface area contributed by atoms with Gasteiger partial charge in [-0.3, -0.25) is 4.79 Å². The van der Waals surface area contributed by atoms with Crippen LogP contribution in [0.25, 0.3) is 10.9 Å². The van der Waals surface area contributed by atoms with Crippen molar-refractivity contribution in [2.24, 2.45) is 0 Å². The van der Waals surface area contributed by atoms with Crippen LogP contribution in [0.3, 0.4) is 0 Å². The van der Waals surface area contributed by atoms with Crippen molar-refractivity contribution in [3.05, 3.63) is 29.0 Å². The second-order valence-corrected chi connectivity index (χ2v) is 6.28. The standard InChI is InChI=1S/C17H24N4OS/c1-12(2)19-15(22)10-4-3-7-11-18-16-13-8-5-6-9-14(13)20-17(23)21-16/h5-6,8-9,12H,3-4,7,10-11H2,1-2H3,(H,19,22)(H2,18,20,21,23). The molecule has 0 aliphatic rings. The van der Waals surface area contributed by atoms with Crippen molar-refractivity contribution >= 4 is 34.8 Å². The number of amides is 1. The fourth-order valence-corrected chi connectivity index (χ4v) is 2.63. The highest BCUT2D eigenvalue weighted by atomic mass is 32.1. The SMILES string of the molecule is CC(C)NC(=O)CCCCCNc1nc(=S)[nH]c2ccccc12. The third-order valence-electron chi connectivity index (χ3n) is 3.46. The van der Waals surface area contributed by atoms with Crippen LogP contribution in [0.4, 0.5) is 5.82 Å². The Morgan fingerprint density at radius 3 is 2.83 bits per heavy atom. The molecule has 0 radical (unpaired) electrons. The normalized spacial score (nSPS) is 10.9. The maximum atomic E-state index is 11.5. The van der Waals surface area contributed by atoms with E-state index in [-0.39, 0.29) is 11.9 Å². The molecule has 1 heterocycles. The number of H-pyrrole nitrogens is 1. The molecule has 0 fully saturated rings. The van der Waals surface area contributed by atoms with Crippen LogP contribution < -0.4 is 10.6 Å². The number of benzene rings is 1. The molecule has 0 saturated heterocycles. The topological polar surface area (TPSA) is 69.8 Å². The number of carbonyl (C=O) groups excluding carboxylic acids is 1. The molecule has 5 nitrogen and oxygen atoms in total. The molecule has 0 bridgehead atoms. The van der Waals surface area contributed by atoms with Gasteiger partial charge in [0, 0.05) is 24.4 Å². The van der Waals surface area contributed by atoms with Gasteiger partial charge in [-0.15, -0.1) is 0 Å². The van der Waals surface area contributed by atoms with Crippen LogP contribution in [0, 0.1) is 4.77 Å². The summed E-state index contributed by atoms with van der Waals surface area (Å²) in [6.45, 7) is 4.77. The molecule has 1 amide bonds. The van der Waals surface area contributed by atoms with Crippen LogP contribution in [-0.4, -0.2) is 28.5 Å². The molecule has 0 unspecified atom stereocenters. The fraction of sp³-hybridized carbons (Fsp3) is 0.471. The number of anilines is 1. The molecule has 23 heavy (non-hydrogen) atoms. The average Bonchev–Trinajstić information content (AvgIpc) is 2.49. The molecule has 1 aromatic carbocycles. The van der Waals surface area contributed by atoms with Crippen molar-refractivity contribution in [2.75, 3.05) is 11.9 Å². The van der Waals surface area contributed by atoms with E-state index < -0.39 is 0 Å². The van der Waals surface area contributed by atoms with Gasteiger partial charge in [-0.2, -0.15) is 0 Å². The lowest BCUT2D eigenvalue weighted by Gasteiger charge is -2.09. The van der Waals surface area contributed by atoms with Crippen LogP contribution in [-0.2, 0) is 4.79 Å². The van der Waals surface area contributed by atoms with Crippen LogP contribution in [0.2, 0.25) is 0 Å². The van der Waals surface area contributed by atoms with Gasteiger partial charge in [0.15, 0.2) is 4.77 Å². The second kappa shape index (κ2) is 8.62. The Morgan fingerprint density at radius 2 is 2.04 bits per heavy atom. The lowest BCUT2D eigenvalue weighted by molar-refractivity contribution is -0.121. The Bertz CT molecular complexity index is 711. The highest BCUT2D eigenvalue weighted by Gasteiger charge is 2.04. The zero-order chi connectivity index (χ0) is 16.7. The Hall–Kier alpha value is -1.95. The summed E-state index contributed by atoms with van der Waals surface area (Å²) in [4.78, 5) is 19.0. The molecule has 0 saturated carbocycles. The van der Waals surface area contributed by atoms with E-state index >= 15 is 0 Å². The van der Waals surface area contributed by atoms with Crippen LogP contribution >= 0.6 is 12.2 Å². The van der Waals surface area contributed by atoms with Crippen molar-refractivity contribution in [1.29, 1.82) is 0 Å². The number of fused-ring (bicyclic) bond motifs is 1. The number of para-hydroxylation sites is 1. The van der Waals surface area contributed by atoms with Crippen molar-refractivity contribution in [3.8, 4) is 0 Å². The van der Waals surface area contributed by atoms with Crippen molar-refractivity contribution in [2.45, 2.75) is 45.6 Å². The average molecular weight is 332 g/mol. The Balaban J connectivity index is 1.77. The minimum Gasteiger partial charge on any atom is -0.369 e. The van der Waals surface area contributed by atoms with Crippen LogP contribution in [0.15, 0.2) is 24.3 Å². The molecule has 124 valence electrons. The number of hydrogen-bond acceptors (Lipinski definition) is 4. The van der Waals surface area contributed by atoms with Gasteiger partial charge in [0.2, 0.25) is 5.91 Å². The Labute approximate surface area is 141 Å². The number of carbonyl (C=O) groups is 1. The number of aromatic amines is 1. The number of unbranched alkanes of at least 4 members (excludes halogenated alkanes) is 2. The summed E-state index contributed by atoms with van der Waals surface area (Å²) < 4.78 is 0.483. The zero-order valence-corrected chi connectivity index (χ0v) is 14.5. The van der Waals surface area contributed by atoms with Crippen LogP contribution in [0.5, 0.6) is 0 Å². The van der Waals surface area contributed by atoms with Crippen molar-refractivity contribution < 1.29 is 4.79 Å². The van der Waals surface area contributed by atoms with E-state index in [0.29, 0.717) is 11.2 Å². The second-order valence-electron chi connectivity index (χ2n) is 5.90. The first-order chi connectivity index (χ1) is 11.1. The third kappa shape index (κ3) is 5.63. The van der Waals surface area contributed by atoms with E-state index in [0.717, 1.165) is 42.5 Å². The molecule has 0 spiro atoms. The summed E-state index contributed by atoms with van der Waals surface area (Å²) in [5.74, 6) is 0.955. The molecule has 6 heteroatoms. The van der Waals surface area contributed by atoms with Gasteiger partial charge in [-0.25, -0.2) is 4.98 Å². The quantitative estimate of drug-likeness (QED) is 0.508. The van der Waals surface area contributed by atoms with Gasteiger partial charge >= 0.3 is 0 Å². The number of nitrogens with one attached hydrogen (secondary N) is 3. The fourth-order valence-electron chi connectivity index (χ4n) is 2.43. The molecular weight excluding hydrogens is 308 g/mol. The highest BCUT2D eigenvalue weighted by molar-refractivity contribution is 7.71. The maximum Gasteiger partial charge on any atom is 0.220 e. The van der Waals surface area contributed by atoms with Crippen molar-refractivity contribution in [3.63, 3.8) is 0 Å². The number of nitrogens with zero attached hydrogens (tertiary/aromatic N) is 1. The van der Waals surface area contributed by atoms with E-state index in [2.05, 4.69) is 20.6 Å². The maximum absolute atomic E-state index is 11.5. The van der Waals surface area contributed by atoms with E-state index in [1.165, 1.54) is 0 Å². The van der Waals surface area contributed by atoms with Gasteiger partial charge in [-0.05, 0) is 51.0 Å². The van der Waals surface area contributed by atoms with E-state index in [1.54, 1.807) is 0 Å². The molecular formula is C17H24N4OS. The Kier molecular flexibility index (Phi) is 6.52. The highest BCUT2D eigenvalue weighted by Crippen LogP contribution is 2.19. The summed E-state index contributed by atoms with van der Waals surface area (Å²) in [5.41, 5.74) is 0.986. The largest absolute Gasteiger partial charge is 0.369 e. The lowest BCUT2D eigenvalue weighted by atomic mass is 10.1. The number of rotatable bonds is 8. The summed E-state index contributed by atoms with van der Waals surface area (Å²) in [7, 11) is 0. The Morgan fingerprint density at radius 1 is 1.26 bits per heavy atom. The minimum absolute atomic E-state index is 0.134. The minimum atomic E-state index is 0.134. The van der Waals surface area contributed by atoms with E-state index in [9.17, 15) is 4.79 Å². The molecule has 0 aliphatic carbocycles. The molecule has 0 aliphatic heterocycles. The van der Waals surface area contributed by atoms with Gasteiger partial charge in [0.05, 0.1) is 5.52 Å². The molecule has 2 aromatic rings.